The lowest BCUT2D eigenvalue weighted by atomic mass is 9.96. The molecule has 0 bridgehead atoms. The van der Waals surface area contributed by atoms with Crippen molar-refractivity contribution in [1.29, 1.82) is 0 Å². The van der Waals surface area contributed by atoms with Gasteiger partial charge in [-0.3, -0.25) is 10.1 Å². The maximum atomic E-state index is 12.3. The van der Waals surface area contributed by atoms with E-state index in [9.17, 15) is 4.79 Å². The Morgan fingerprint density at radius 1 is 1.38 bits per heavy atom. The largest absolute Gasteiger partial charge is 0.381 e. The molecule has 2 aromatic rings. The van der Waals surface area contributed by atoms with Gasteiger partial charge in [-0.25, -0.2) is 9.97 Å². The van der Waals surface area contributed by atoms with Crippen LogP contribution in [0.1, 0.15) is 34.0 Å². The molecule has 1 fully saturated rings. The number of carbonyl (C=O) groups excluding carboxylic acids is 1. The second-order valence-corrected chi connectivity index (χ2v) is 5.16. The Morgan fingerprint density at radius 3 is 3.05 bits per heavy atom. The summed E-state index contributed by atoms with van der Waals surface area (Å²) in [5.41, 5.74) is 2.58. The normalized spacial score (nSPS) is 17.7. The smallest absolute Gasteiger partial charge is 0.258 e. The number of aromatic nitrogens is 2. The molecule has 1 aliphatic rings. The van der Waals surface area contributed by atoms with E-state index < -0.39 is 0 Å². The molecule has 5 heteroatoms. The van der Waals surface area contributed by atoms with E-state index in [0.717, 1.165) is 30.9 Å². The van der Waals surface area contributed by atoms with E-state index in [2.05, 4.69) is 15.3 Å². The average molecular weight is 283 g/mol. The summed E-state index contributed by atoms with van der Waals surface area (Å²) in [5.74, 6) is 0.518. The molecule has 108 valence electrons. The Bertz CT molecular complexity index is 651. The molecule has 5 nitrogen and oxygen atoms in total. The first-order valence-electron chi connectivity index (χ1n) is 7.01. The van der Waals surface area contributed by atoms with Gasteiger partial charge in [0.05, 0.1) is 6.61 Å². The summed E-state index contributed by atoms with van der Waals surface area (Å²) in [6.07, 6.45) is 2.64. The lowest BCUT2D eigenvalue weighted by Crippen LogP contribution is -2.15. The maximum absolute atomic E-state index is 12.3. The summed E-state index contributed by atoms with van der Waals surface area (Å²) >= 11 is 0. The second kappa shape index (κ2) is 6.01. The van der Waals surface area contributed by atoms with E-state index in [1.165, 1.54) is 0 Å². The van der Waals surface area contributed by atoms with E-state index in [1.54, 1.807) is 18.3 Å². The zero-order valence-corrected chi connectivity index (χ0v) is 11.9. The molecule has 2 heterocycles. The van der Waals surface area contributed by atoms with Gasteiger partial charge in [-0.05, 0) is 37.1 Å². The van der Waals surface area contributed by atoms with Gasteiger partial charge in [0.2, 0.25) is 5.95 Å². The fourth-order valence-electron chi connectivity index (χ4n) is 2.41. The van der Waals surface area contributed by atoms with Crippen LogP contribution in [0.5, 0.6) is 0 Å². The third-order valence-corrected chi connectivity index (χ3v) is 3.57. The van der Waals surface area contributed by atoms with Gasteiger partial charge in [0.1, 0.15) is 0 Å². The minimum absolute atomic E-state index is 0.193. The van der Waals surface area contributed by atoms with Crippen molar-refractivity contribution in [3.05, 3.63) is 53.3 Å². The SMILES string of the molecule is Cc1ccnc(NC(=O)c2cccc([C@@H]3CCOC3)c2)n1. The minimum atomic E-state index is -0.193. The van der Waals surface area contributed by atoms with Gasteiger partial charge in [-0.2, -0.15) is 0 Å². The molecule has 1 N–H and O–H groups in total. The van der Waals surface area contributed by atoms with E-state index in [4.69, 9.17) is 4.74 Å². The van der Waals surface area contributed by atoms with Crippen molar-refractivity contribution in [3.63, 3.8) is 0 Å². The van der Waals surface area contributed by atoms with Crippen LogP contribution in [0, 0.1) is 6.92 Å². The average Bonchev–Trinajstić information content (AvgIpc) is 3.02. The number of aryl methyl sites for hydroxylation is 1. The molecule has 0 aliphatic carbocycles. The van der Waals surface area contributed by atoms with Crippen LogP contribution >= 0.6 is 0 Å². The highest BCUT2D eigenvalue weighted by Crippen LogP contribution is 2.25. The van der Waals surface area contributed by atoms with Crippen LogP contribution in [0.25, 0.3) is 0 Å². The fraction of sp³-hybridized carbons (Fsp3) is 0.312. The number of nitrogens with one attached hydrogen (secondary N) is 1. The molecule has 0 saturated carbocycles. The van der Waals surface area contributed by atoms with Gasteiger partial charge in [-0.15, -0.1) is 0 Å². The molecule has 1 aromatic carbocycles. The van der Waals surface area contributed by atoms with Crippen LogP contribution in [0.2, 0.25) is 0 Å². The molecular weight excluding hydrogens is 266 g/mol. The van der Waals surface area contributed by atoms with Crippen molar-refractivity contribution in [3.8, 4) is 0 Å². The van der Waals surface area contributed by atoms with Crippen LogP contribution in [0.4, 0.5) is 5.95 Å². The Morgan fingerprint density at radius 2 is 2.29 bits per heavy atom. The van der Waals surface area contributed by atoms with Gasteiger partial charge >= 0.3 is 0 Å². The summed E-state index contributed by atoms with van der Waals surface area (Å²) in [7, 11) is 0. The van der Waals surface area contributed by atoms with Gasteiger partial charge in [0.15, 0.2) is 0 Å². The zero-order chi connectivity index (χ0) is 14.7. The quantitative estimate of drug-likeness (QED) is 0.940. The summed E-state index contributed by atoms with van der Waals surface area (Å²) < 4.78 is 5.40. The molecule has 1 atom stereocenters. The zero-order valence-electron chi connectivity index (χ0n) is 11.9. The Balaban J connectivity index is 1.76. The number of hydrogen-bond acceptors (Lipinski definition) is 4. The second-order valence-electron chi connectivity index (χ2n) is 5.16. The van der Waals surface area contributed by atoms with Gasteiger partial charge in [0, 0.05) is 30.0 Å². The first kappa shape index (κ1) is 13.7. The molecule has 0 unspecified atom stereocenters. The highest BCUT2D eigenvalue weighted by Gasteiger charge is 2.19. The van der Waals surface area contributed by atoms with Gasteiger partial charge < -0.3 is 4.74 Å². The van der Waals surface area contributed by atoms with Crippen molar-refractivity contribution in [2.24, 2.45) is 0 Å². The first-order chi connectivity index (χ1) is 10.2. The summed E-state index contributed by atoms with van der Waals surface area (Å²) in [6, 6.07) is 9.45. The predicted octanol–water partition coefficient (Wildman–Crippen LogP) is 2.54. The number of hydrogen-bond donors (Lipinski definition) is 1. The molecule has 0 radical (unpaired) electrons. The first-order valence-corrected chi connectivity index (χ1v) is 7.01. The summed E-state index contributed by atoms with van der Waals surface area (Å²) in [6.45, 7) is 3.38. The van der Waals surface area contributed by atoms with Crippen molar-refractivity contribution >= 4 is 11.9 Å². The number of anilines is 1. The lowest BCUT2D eigenvalue weighted by Gasteiger charge is -2.10. The molecule has 1 saturated heterocycles. The summed E-state index contributed by atoms with van der Waals surface area (Å²) in [5, 5.41) is 2.72. The maximum Gasteiger partial charge on any atom is 0.258 e. The van der Waals surface area contributed by atoms with Crippen molar-refractivity contribution in [2.45, 2.75) is 19.3 Å². The number of nitrogens with zero attached hydrogens (tertiary/aromatic N) is 2. The number of carbonyl (C=O) groups is 1. The van der Waals surface area contributed by atoms with Crippen molar-refractivity contribution in [2.75, 3.05) is 18.5 Å². The molecule has 0 spiro atoms. The van der Waals surface area contributed by atoms with Crippen molar-refractivity contribution < 1.29 is 9.53 Å². The Labute approximate surface area is 123 Å². The van der Waals surface area contributed by atoms with Gasteiger partial charge in [-0.1, -0.05) is 12.1 Å². The monoisotopic (exact) mass is 283 g/mol. The van der Waals surface area contributed by atoms with Crippen molar-refractivity contribution in [1.82, 2.24) is 9.97 Å². The molecule has 1 aromatic heterocycles. The third-order valence-electron chi connectivity index (χ3n) is 3.57. The fourth-order valence-corrected chi connectivity index (χ4v) is 2.41. The highest BCUT2D eigenvalue weighted by molar-refractivity contribution is 6.03. The van der Waals surface area contributed by atoms with Crippen LogP contribution in [-0.4, -0.2) is 29.1 Å². The number of ether oxygens (including phenoxy) is 1. The lowest BCUT2D eigenvalue weighted by molar-refractivity contribution is 0.102. The molecule has 1 amide bonds. The Kier molecular flexibility index (Phi) is 3.92. The predicted molar refractivity (Wildman–Crippen MR) is 79.3 cm³/mol. The van der Waals surface area contributed by atoms with Crippen LogP contribution < -0.4 is 5.32 Å². The minimum Gasteiger partial charge on any atom is -0.381 e. The molecule has 21 heavy (non-hydrogen) atoms. The van der Waals surface area contributed by atoms with E-state index in [-0.39, 0.29) is 5.91 Å². The number of amides is 1. The van der Waals surface area contributed by atoms with Gasteiger partial charge in [0.25, 0.3) is 5.91 Å². The topological polar surface area (TPSA) is 64.1 Å². The molecule has 1 aliphatic heterocycles. The summed E-state index contributed by atoms with van der Waals surface area (Å²) in [4.78, 5) is 20.5. The Hall–Kier alpha value is -2.27. The van der Waals surface area contributed by atoms with E-state index in [0.29, 0.717) is 17.4 Å². The molecule has 3 rings (SSSR count). The third kappa shape index (κ3) is 3.25. The number of benzene rings is 1. The number of rotatable bonds is 3. The van der Waals surface area contributed by atoms with Crippen LogP contribution in [0.15, 0.2) is 36.5 Å². The van der Waals surface area contributed by atoms with E-state index in [1.807, 2.05) is 25.1 Å². The highest BCUT2D eigenvalue weighted by atomic mass is 16.5. The van der Waals surface area contributed by atoms with Crippen LogP contribution in [-0.2, 0) is 4.74 Å². The molecular formula is C16H17N3O2. The van der Waals surface area contributed by atoms with Crippen LogP contribution in [0.3, 0.4) is 0 Å². The van der Waals surface area contributed by atoms with E-state index >= 15 is 0 Å². The standard InChI is InChI=1S/C16H17N3O2/c1-11-5-7-17-16(18-11)19-15(20)13-4-2-3-12(9-13)14-6-8-21-10-14/h2-5,7,9,14H,6,8,10H2,1H3,(H,17,18,19,20)/t14-/m1/s1.